The van der Waals surface area contributed by atoms with Crippen LogP contribution in [0.1, 0.15) is 54.4 Å². The fourth-order valence-electron chi connectivity index (χ4n) is 5.68. The fourth-order valence-corrected chi connectivity index (χ4v) is 6.84. The minimum atomic E-state index is -3.84. The van der Waals surface area contributed by atoms with Crippen molar-refractivity contribution in [2.75, 3.05) is 17.1 Å². The minimum Gasteiger partial charge on any atom is -0.352 e. The molecule has 3 aromatic rings. The number of benzene rings is 3. The number of anilines is 1. The molecule has 0 radical (unpaired) electrons. The van der Waals surface area contributed by atoms with Crippen molar-refractivity contribution < 1.29 is 18.0 Å². The van der Waals surface area contributed by atoms with E-state index in [9.17, 15) is 18.0 Å². The van der Waals surface area contributed by atoms with Gasteiger partial charge < -0.3 is 10.2 Å². The molecule has 0 aromatic heterocycles. The molecule has 224 valence electrons. The molecular weight excluding hydrogens is 570 g/mol. The lowest BCUT2D eigenvalue weighted by Gasteiger charge is -2.35. The van der Waals surface area contributed by atoms with E-state index in [2.05, 4.69) is 5.32 Å². The molecular formula is C33H40ClN3O4S. The van der Waals surface area contributed by atoms with Gasteiger partial charge in [-0.2, -0.15) is 0 Å². The molecule has 0 unspecified atom stereocenters. The lowest BCUT2D eigenvalue weighted by atomic mass is 9.94. The normalized spacial score (nSPS) is 14.7. The number of carbonyl (C=O) groups is 2. The largest absolute Gasteiger partial charge is 0.352 e. The van der Waals surface area contributed by atoms with Crippen LogP contribution in [0.3, 0.4) is 0 Å². The second-order valence-electron chi connectivity index (χ2n) is 11.2. The summed E-state index contributed by atoms with van der Waals surface area (Å²) in [5.41, 5.74) is 3.52. The van der Waals surface area contributed by atoms with Gasteiger partial charge >= 0.3 is 0 Å². The third-order valence-corrected chi connectivity index (χ3v) is 9.37. The Bertz CT molecular complexity index is 1470. The molecule has 0 aliphatic heterocycles. The average Bonchev–Trinajstić information content (AvgIpc) is 2.95. The van der Waals surface area contributed by atoms with Crippen molar-refractivity contribution in [2.24, 2.45) is 0 Å². The maximum Gasteiger partial charge on any atom is 0.244 e. The predicted octanol–water partition coefficient (Wildman–Crippen LogP) is 5.81. The monoisotopic (exact) mass is 609 g/mol. The Labute approximate surface area is 254 Å². The van der Waals surface area contributed by atoms with Crippen molar-refractivity contribution >= 4 is 39.1 Å². The molecule has 1 saturated carbocycles. The van der Waals surface area contributed by atoms with E-state index in [-0.39, 0.29) is 24.9 Å². The standard InChI is InChI=1S/C33H40ClN3O4S/c1-24-13-12-14-25(2)32(24)37(42(3,40)41)23-31(38)36(22-27-17-10-11-20-29(27)34)30(21-26-15-6-4-7-16-26)33(39)35-28-18-8-5-9-19-28/h4,6-7,10-17,20,28,30H,5,8-9,18-19,21-23H2,1-3H3,(H,35,39)/t30-/m0/s1. The maximum atomic E-state index is 14.3. The molecule has 1 fully saturated rings. The van der Waals surface area contributed by atoms with Crippen LogP contribution >= 0.6 is 11.6 Å². The van der Waals surface area contributed by atoms with Crippen LogP contribution in [0.5, 0.6) is 0 Å². The van der Waals surface area contributed by atoms with Gasteiger partial charge in [-0.15, -0.1) is 0 Å². The molecule has 0 saturated heterocycles. The molecule has 1 N–H and O–H groups in total. The van der Waals surface area contributed by atoms with E-state index in [0.29, 0.717) is 16.3 Å². The van der Waals surface area contributed by atoms with Crippen LogP contribution < -0.4 is 9.62 Å². The van der Waals surface area contributed by atoms with Gasteiger partial charge in [0, 0.05) is 24.0 Å². The van der Waals surface area contributed by atoms with Crippen molar-refractivity contribution in [3.05, 3.63) is 100 Å². The molecule has 1 atom stereocenters. The molecule has 42 heavy (non-hydrogen) atoms. The fraction of sp³-hybridized carbons (Fsp3) is 0.394. The second-order valence-corrected chi connectivity index (χ2v) is 13.5. The number of rotatable bonds is 11. The Morgan fingerprint density at radius 1 is 0.905 bits per heavy atom. The summed E-state index contributed by atoms with van der Waals surface area (Å²) < 4.78 is 27.4. The SMILES string of the molecule is Cc1cccc(C)c1N(CC(=O)N(Cc1ccccc1Cl)[C@@H](Cc1ccccc1)C(=O)NC1CCCCC1)S(C)(=O)=O. The van der Waals surface area contributed by atoms with Gasteiger partial charge in [0.15, 0.2) is 0 Å². The molecule has 1 aliphatic rings. The summed E-state index contributed by atoms with van der Waals surface area (Å²) in [5.74, 6) is -0.730. The summed E-state index contributed by atoms with van der Waals surface area (Å²) in [6.45, 7) is 3.25. The van der Waals surface area contributed by atoms with Crippen molar-refractivity contribution in [3.8, 4) is 0 Å². The number of nitrogens with zero attached hydrogens (tertiary/aromatic N) is 2. The van der Waals surface area contributed by atoms with Crippen molar-refractivity contribution in [1.82, 2.24) is 10.2 Å². The predicted molar refractivity (Wildman–Crippen MR) is 169 cm³/mol. The molecule has 1 aliphatic carbocycles. The Kier molecular flexibility index (Phi) is 10.7. The summed E-state index contributed by atoms with van der Waals surface area (Å²) in [7, 11) is -3.84. The van der Waals surface area contributed by atoms with Gasteiger partial charge in [0.2, 0.25) is 21.8 Å². The Hall–Kier alpha value is -3.36. The Balaban J connectivity index is 1.76. The summed E-state index contributed by atoms with van der Waals surface area (Å²) in [6, 6.07) is 21.4. The number of amides is 2. The van der Waals surface area contributed by atoms with Gasteiger partial charge in [-0.05, 0) is 55.0 Å². The average molecular weight is 610 g/mol. The van der Waals surface area contributed by atoms with Crippen LogP contribution in [0.4, 0.5) is 5.69 Å². The van der Waals surface area contributed by atoms with E-state index in [0.717, 1.165) is 59.4 Å². The highest BCUT2D eigenvalue weighted by atomic mass is 35.5. The van der Waals surface area contributed by atoms with Gasteiger partial charge in [-0.3, -0.25) is 13.9 Å². The van der Waals surface area contributed by atoms with E-state index >= 15 is 0 Å². The first-order valence-electron chi connectivity index (χ1n) is 14.5. The molecule has 4 rings (SSSR count). The van der Waals surface area contributed by atoms with Crippen molar-refractivity contribution in [2.45, 2.75) is 71.0 Å². The van der Waals surface area contributed by atoms with E-state index in [4.69, 9.17) is 11.6 Å². The number of sulfonamides is 1. The molecule has 2 amide bonds. The van der Waals surface area contributed by atoms with Gasteiger partial charge in [-0.25, -0.2) is 8.42 Å². The first-order valence-corrected chi connectivity index (χ1v) is 16.7. The van der Waals surface area contributed by atoms with Crippen molar-refractivity contribution in [3.63, 3.8) is 0 Å². The number of halogens is 1. The number of hydrogen-bond donors (Lipinski definition) is 1. The molecule has 7 nitrogen and oxygen atoms in total. The van der Waals surface area contributed by atoms with E-state index in [1.807, 2.05) is 80.6 Å². The maximum absolute atomic E-state index is 14.3. The number of nitrogens with one attached hydrogen (secondary N) is 1. The zero-order valence-corrected chi connectivity index (χ0v) is 26.1. The molecule has 0 heterocycles. The van der Waals surface area contributed by atoms with E-state index in [1.54, 1.807) is 6.07 Å². The highest BCUT2D eigenvalue weighted by molar-refractivity contribution is 7.92. The Morgan fingerprint density at radius 2 is 1.52 bits per heavy atom. The van der Waals surface area contributed by atoms with E-state index < -0.39 is 28.5 Å². The summed E-state index contributed by atoms with van der Waals surface area (Å²) >= 11 is 6.54. The number of hydrogen-bond acceptors (Lipinski definition) is 4. The highest BCUT2D eigenvalue weighted by Gasteiger charge is 2.35. The Morgan fingerprint density at radius 3 is 2.14 bits per heavy atom. The lowest BCUT2D eigenvalue weighted by Crippen LogP contribution is -2.55. The van der Waals surface area contributed by atoms with Crippen LogP contribution in [-0.2, 0) is 32.6 Å². The molecule has 3 aromatic carbocycles. The van der Waals surface area contributed by atoms with Crippen LogP contribution in [0.15, 0.2) is 72.8 Å². The smallest absolute Gasteiger partial charge is 0.244 e. The van der Waals surface area contributed by atoms with Crippen LogP contribution in [0.2, 0.25) is 5.02 Å². The van der Waals surface area contributed by atoms with Gasteiger partial charge in [-0.1, -0.05) is 97.6 Å². The first kappa shape index (κ1) is 31.6. The molecule has 0 spiro atoms. The van der Waals surface area contributed by atoms with Gasteiger partial charge in [0.25, 0.3) is 0 Å². The molecule has 9 heteroatoms. The number of para-hydroxylation sites is 1. The van der Waals surface area contributed by atoms with Gasteiger partial charge in [0.1, 0.15) is 12.6 Å². The van der Waals surface area contributed by atoms with Crippen LogP contribution in [0.25, 0.3) is 0 Å². The number of aryl methyl sites for hydroxylation is 2. The van der Waals surface area contributed by atoms with Gasteiger partial charge in [0.05, 0.1) is 11.9 Å². The first-order chi connectivity index (χ1) is 20.0. The zero-order chi connectivity index (χ0) is 30.3. The van der Waals surface area contributed by atoms with E-state index in [1.165, 1.54) is 4.90 Å². The third kappa shape index (κ3) is 8.13. The summed E-state index contributed by atoms with van der Waals surface area (Å²) in [5, 5.41) is 3.68. The van der Waals surface area contributed by atoms with Crippen LogP contribution in [0, 0.1) is 13.8 Å². The van der Waals surface area contributed by atoms with Crippen molar-refractivity contribution in [1.29, 1.82) is 0 Å². The lowest BCUT2D eigenvalue weighted by molar-refractivity contribution is -0.140. The summed E-state index contributed by atoms with van der Waals surface area (Å²) in [6.07, 6.45) is 6.43. The third-order valence-electron chi connectivity index (χ3n) is 7.89. The summed E-state index contributed by atoms with van der Waals surface area (Å²) in [4.78, 5) is 29.9. The molecule has 0 bridgehead atoms. The zero-order valence-electron chi connectivity index (χ0n) is 24.6. The number of carbonyl (C=O) groups excluding carboxylic acids is 2. The highest BCUT2D eigenvalue weighted by Crippen LogP contribution is 2.28. The quantitative estimate of drug-likeness (QED) is 0.297. The minimum absolute atomic E-state index is 0.0453. The van der Waals surface area contributed by atoms with Crippen LogP contribution in [-0.4, -0.2) is 50.0 Å². The second kappa shape index (κ2) is 14.2. The topological polar surface area (TPSA) is 86.8 Å².